The molecule has 9 heteroatoms. The number of methoxy groups -OCH3 is 1. The molecule has 0 bridgehead atoms. The molecule has 0 N–H and O–H groups in total. The fourth-order valence-corrected chi connectivity index (χ4v) is 1.92. The number of hydrogen-bond acceptors (Lipinski definition) is 1. The molecule has 0 fully saturated rings. The van der Waals surface area contributed by atoms with Gasteiger partial charge in [0, 0.05) is 11.1 Å². The van der Waals surface area contributed by atoms with Gasteiger partial charge in [-0.25, -0.2) is 0 Å². The fourth-order valence-electron chi connectivity index (χ4n) is 1.92. The molecule has 20 heavy (non-hydrogen) atoms. The molecule has 0 aromatic heterocycles. The molecule has 1 aliphatic rings. The van der Waals surface area contributed by atoms with Gasteiger partial charge in [0.2, 0.25) is 0 Å². The highest BCUT2D eigenvalue weighted by Crippen LogP contribution is 2.64. The van der Waals surface area contributed by atoms with Crippen LogP contribution in [0, 0.1) is 0 Å². The van der Waals surface area contributed by atoms with Crippen molar-refractivity contribution in [1.29, 1.82) is 0 Å². The van der Waals surface area contributed by atoms with Crippen LogP contribution in [0.25, 0.3) is 0 Å². The van der Waals surface area contributed by atoms with E-state index in [2.05, 4.69) is 4.74 Å². The minimum absolute atomic E-state index is 0.201. The van der Waals surface area contributed by atoms with Crippen LogP contribution in [-0.2, 0) is 11.8 Å². The number of alkyl halides is 8. The lowest BCUT2D eigenvalue weighted by molar-refractivity contribution is -0.386. The Bertz CT molecular complexity index is 551. The second kappa shape index (κ2) is 3.76. The summed E-state index contributed by atoms with van der Waals surface area (Å²) in [7, 11) is 0.980. The highest BCUT2D eigenvalue weighted by Gasteiger charge is 2.85. The van der Waals surface area contributed by atoms with Crippen molar-refractivity contribution < 1.29 is 39.9 Å². The Kier molecular flexibility index (Phi) is 2.80. The minimum atomic E-state index is -6.23. The zero-order valence-corrected chi connectivity index (χ0v) is 9.66. The second-order valence-electron chi connectivity index (χ2n) is 4.21. The molecule has 0 heterocycles. The maximum atomic E-state index is 13.5. The van der Waals surface area contributed by atoms with E-state index in [0.717, 1.165) is 7.11 Å². The van der Waals surface area contributed by atoms with E-state index in [0.29, 0.717) is 6.07 Å². The third kappa shape index (κ3) is 1.43. The minimum Gasteiger partial charge on any atom is -0.497 e. The highest BCUT2D eigenvalue weighted by molar-refractivity contribution is 5.46. The summed E-state index contributed by atoms with van der Waals surface area (Å²) in [5.41, 5.74) is -3.73. The van der Waals surface area contributed by atoms with Crippen LogP contribution in [0.15, 0.2) is 18.2 Å². The van der Waals surface area contributed by atoms with Crippen molar-refractivity contribution in [3.8, 4) is 5.75 Å². The standard InChI is InChI=1S/C11H6F8O/c1-20-5-2-3-6-7(4-5)9(14,15)11(18,19)10(16,17)8(6,12)13/h2-4H,1H3. The Labute approximate surface area is 107 Å². The van der Waals surface area contributed by atoms with Crippen molar-refractivity contribution in [3.05, 3.63) is 29.3 Å². The van der Waals surface area contributed by atoms with Gasteiger partial charge in [-0.1, -0.05) is 0 Å². The Morgan fingerprint density at radius 2 is 1.20 bits per heavy atom. The highest BCUT2D eigenvalue weighted by atomic mass is 19.4. The van der Waals surface area contributed by atoms with Crippen molar-refractivity contribution in [2.45, 2.75) is 23.7 Å². The maximum absolute atomic E-state index is 13.5. The summed E-state index contributed by atoms with van der Waals surface area (Å²) in [6.07, 6.45) is 0. The summed E-state index contributed by atoms with van der Waals surface area (Å²) in [4.78, 5) is 0. The number of fused-ring (bicyclic) bond motifs is 1. The Morgan fingerprint density at radius 1 is 0.750 bits per heavy atom. The van der Waals surface area contributed by atoms with Crippen LogP contribution in [0.2, 0.25) is 0 Å². The van der Waals surface area contributed by atoms with E-state index in [9.17, 15) is 35.1 Å². The largest absolute Gasteiger partial charge is 0.497 e. The van der Waals surface area contributed by atoms with Crippen LogP contribution in [-0.4, -0.2) is 19.0 Å². The number of rotatable bonds is 1. The number of hydrogen-bond donors (Lipinski definition) is 0. The zero-order chi connectivity index (χ0) is 15.6. The van der Waals surface area contributed by atoms with Gasteiger partial charge in [0.25, 0.3) is 0 Å². The van der Waals surface area contributed by atoms with Gasteiger partial charge in [0.15, 0.2) is 0 Å². The Morgan fingerprint density at radius 3 is 1.65 bits per heavy atom. The third-order valence-corrected chi connectivity index (χ3v) is 3.09. The first-order chi connectivity index (χ1) is 8.91. The van der Waals surface area contributed by atoms with Gasteiger partial charge >= 0.3 is 23.7 Å². The summed E-state index contributed by atoms with van der Waals surface area (Å²) in [5, 5.41) is 0. The molecule has 0 saturated heterocycles. The SMILES string of the molecule is COc1ccc2c(c1)C(F)(F)C(F)(F)C(F)(F)C2(F)F. The van der Waals surface area contributed by atoms with E-state index in [-0.39, 0.29) is 12.1 Å². The number of ether oxygens (including phenoxy) is 1. The van der Waals surface area contributed by atoms with Crippen molar-refractivity contribution >= 4 is 0 Å². The molecular formula is C11H6F8O. The molecule has 0 unspecified atom stereocenters. The van der Waals surface area contributed by atoms with Crippen LogP contribution in [0.5, 0.6) is 5.75 Å². The fraction of sp³-hybridized carbons (Fsp3) is 0.455. The molecule has 0 radical (unpaired) electrons. The van der Waals surface area contributed by atoms with E-state index in [1.54, 1.807) is 0 Å². The lowest BCUT2D eigenvalue weighted by Crippen LogP contribution is -2.63. The van der Waals surface area contributed by atoms with E-state index < -0.39 is 40.6 Å². The number of benzene rings is 1. The van der Waals surface area contributed by atoms with Crippen molar-refractivity contribution in [2.75, 3.05) is 7.11 Å². The summed E-state index contributed by atoms with van der Waals surface area (Å²) in [5.74, 6) is -23.8. The van der Waals surface area contributed by atoms with E-state index in [4.69, 9.17) is 0 Å². The molecule has 2 rings (SSSR count). The molecule has 1 aromatic rings. The number of halogens is 8. The van der Waals surface area contributed by atoms with Crippen molar-refractivity contribution in [3.63, 3.8) is 0 Å². The summed E-state index contributed by atoms with van der Waals surface area (Å²) >= 11 is 0. The van der Waals surface area contributed by atoms with Gasteiger partial charge in [-0.05, 0) is 18.2 Å². The molecule has 1 aromatic carbocycles. The predicted octanol–water partition coefficient (Wildman–Crippen LogP) is 4.16. The molecule has 0 saturated carbocycles. The van der Waals surface area contributed by atoms with E-state index in [1.807, 2.05) is 0 Å². The van der Waals surface area contributed by atoms with E-state index in [1.165, 1.54) is 0 Å². The van der Waals surface area contributed by atoms with Gasteiger partial charge in [-0.15, -0.1) is 0 Å². The van der Waals surface area contributed by atoms with Crippen LogP contribution in [0.1, 0.15) is 11.1 Å². The van der Waals surface area contributed by atoms with Gasteiger partial charge in [0.1, 0.15) is 5.75 Å². The van der Waals surface area contributed by atoms with Gasteiger partial charge in [-0.3, -0.25) is 0 Å². The average Bonchev–Trinajstić information content (AvgIpc) is 2.36. The smallest absolute Gasteiger partial charge is 0.382 e. The summed E-state index contributed by atoms with van der Waals surface area (Å²) < 4.78 is 111. The lowest BCUT2D eigenvalue weighted by atomic mass is 9.80. The summed E-state index contributed by atoms with van der Waals surface area (Å²) in [6.45, 7) is 0. The van der Waals surface area contributed by atoms with E-state index >= 15 is 0 Å². The predicted molar refractivity (Wildman–Crippen MR) is 50.7 cm³/mol. The monoisotopic (exact) mass is 306 g/mol. The Balaban J connectivity index is 2.85. The molecule has 112 valence electrons. The first-order valence-electron chi connectivity index (χ1n) is 5.11. The normalized spacial score (nSPS) is 24.9. The third-order valence-electron chi connectivity index (χ3n) is 3.09. The molecule has 0 spiro atoms. The van der Waals surface area contributed by atoms with Gasteiger partial charge in [-0.2, -0.15) is 35.1 Å². The summed E-state index contributed by atoms with van der Waals surface area (Å²) in [6, 6.07) is 1.14. The Hall–Kier alpha value is -1.54. The molecule has 1 nitrogen and oxygen atoms in total. The first kappa shape index (κ1) is 14.9. The topological polar surface area (TPSA) is 9.23 Å². The van der Waals surface area contributed by atoms with Gasteiger partial charge in [0.05, 0.1) is 7.11 Å². The lowest BCUT2D eigenvalue weighted by Gasteiger charge is -2.42. The van der Waals surface area contributed by atoms with Gasteiger partial charge < -0.3 is 4.74 Å². The maximum Gasteiger partial charge on any atom is 0.382 e. The molecule has 1 aliphatic carbocycles. The zero-order valence-electron chi connectivity index (χ0n) is 9.66. The van der Waals surface area contributed by atoms with Crippen LogP contribution in [0.4, 0.5) is 35.1 Å². The quantitative estimate of drug-likeness (QED) is 0.708. The molecule has 0 amide bonds. The van der Waals surface area contributed by atoms with Crippen molar-refractivity contribution in [1.82, 2.24) is 0 Å². The first-order valence-corrected chi connectivity index (χ1v) is 5.11. The molecule has 0 aliphatic heterocycles. The van der Waals surface area contributed by atoms with Crippen molar-refractivity contribution in [2.24, 2.45) is 0 Å². The van der Waals surface area contributed by atoms with Crippen LogP contribution in [0.3, 0.4) is 0 Å². The average molecular weight is 306 g/mol. The van der Waals surface area contributed by atoms with Crippen LogP contribution >= 0.6 is 0 Å². The van der Waals surface area contributed by atoms with Crippen LogP contribution < -0.4 is 4.74 Å². The second-order valence-corrected chi connectivity index (χ2v) is 4.21. The molecular weight excluding hydrogens is 300 g/mol. The molecule has 0 atom stereocenters.